The van der Waals surface area contributed by atoms with Gasteiger partial charge in [-0.25, -0.2) is 0 Å². The topological polar surface area (TPSA) is 65.1 Å². The second-order valence-electron chi connectivity index (χ2n) is 4.27. The molecule has 1 amide bonds. The third-order valence-corrected chi connectivity index (χ3v) is 3.12. The van der Waals surface area contributed by atoms with Crippen LogP contribution in [0.25, 0.3) is 11.6 Å². The van der Waals surface area contributed by atoms with E-state index in [2.05, 4.69) is 10.3 Å². The van der Waals surface area contributed by atoms with Crippen molar-refractivity contribution in [2.45, 2.75) is 6.92 Å². The van der Waals surface area contributed by atoms with Crippen LogP contribution in [0.3, 0.4) is 0 Å². The predicted octanol–water partition coefficient (Wildman–Crippen LogP) is 2.52. The first-order chi connectivity index (χ1) is 8.66. The maximum atomic E-state index is 11.9. The molecule has 0 bridgehead atoms. The standard InChI is InChI=1S/C14H12N2O2/c1-8-12(17)5-4-11-13(8)10(14(18)16-11)7-9-3-2-6-15-9/h2-7,15,17H,1H3,(H,16,18)/b10-7-. The van der Waals surface area contributed by atoms with Crippen LogP contribution < -0.4 is 5.32 Å². The first kappa shape index (κ1) is 10.7. The van der Waals surface area contributed by atoms with Gasteiger partial charge in [0.25, 0.3) is 5.91 Å². The second-order valence-corrected chi connectivity index (χ2v) is 4.27. The molecule has 0 unspecified atom stereocenters. The molecular formula is C14H12N2O2. The van der Waals surface area contributed by atoms with Crippen molar-refractivity contribution in [3.8, 4) is 5.75 Å². The van der Waals surface area contributed by atoms with Crippen LogP contribution >= 0.6 is 0 Å². The Balaban J connectivity index is 2.20. The van der Waals surface area contributed by atoms with Crippen molar-refractivity contribution in [1.82, 2.24) is 4.98 Å². The summed E-state index contributed by atoms with van der Waals surface area (Å²) >= 11 is 0. The SMILES string of the molecule is Cc1c(O)ccc2c1/C(=C/c1ccc[nH]1)C(=O)N2. The zero-order valence-corrected chi connectivity index (χ0v) is 9.82. The summed E-state index contributed by atoms with van der Waals surface area (Å²) in [7, 11) is 0. The molecular weight excluding hydrogens is 228 g/mol. The Labute approximate surface area is 104 Å². The van der Waals surface area contributed by atoms with Crippen molar-refractivity contribution in [2.24, 2.45) is 0 Å². The minimum Gasteiger partial charge on any atom is -0.508 e. The molecule has 0 fully saturated rings. The first-order valence-corrected chi connectivity index (χ1v) is 5.66. The number of amides is 1. The van der Waals surface area contributed by atoms with Crippen LogP contribution in [0.4, 0.5) is 5.69 Å². The monoisotopic (exact) mass is 240 g/mol. The summed E-state index contributed by atoms with van der Waals surface area (Å²) in [6.45, 7) is 1.80. The number of fused-ring (bicyclic) bond motifs is 1. The highest BCUT2D eigenvalue weighted by Crippen LogP contribution is 2.38. The molecule has 18 heavy (non-hydrogen) atoms. The zero-order valence-electron chi connectivity index (χ0n) is 9.82. The largest absolute Gasteiger partial charge is 0.508 e. The summed E-state index contributed by atoms with van der Waals surface area (Å²) in [6.07, 6.45) is 3.59. The Bertz CT molecular complexity index is 655. The van der Waals surface area contributed by atoms with Crippen molar-refractivity contribution < 1.29 is 9.90 Å². The van der Waals surface area contributed by atoms with Crippen LogP contribution in [0.2, 0.25) is 0 Å². The molecule has 0 atom stereocenters. The fraction of sp³-hybridized carbons (Fsp3) is 0.0714. The molecule has 4 heteroatoms. The average molecular weight is 240 g/mol. The van der Waals surface area contributed by atoms with E-state index in [-0.39, 0.29) is 11.7 Å². The number of nitrogens with one attached hydrogen (secondary N) is 2. The molecule has 1 aliphatic heterocycles. The Morgan fingerprint density at radius 3 is 2.83 bits per heavy atom. The lowest BCUT2D eigenvalue weighted by Gasteiger charge is -2.05. The zero-order chi connectivity index (χ0) is 12.7. The van der Waals surface area contributed by atoms with E-state index in [1.807, 2.05) is 12.1 Å². The molecule has 3 N–H and O–H groups in total. The van der Waals surface area contributed by atoms with Gasteiger partial charge in [-0.05, 0) is 37.3 Å². The maximum absolute atomic E-state index is 11.9. The molecule has 2 aromatic rings. The van der Waals surface area contributed by atoms with E-state index in [4.69, 9.17) is 0 Å². The summed E-state index contributed by atoms with van der Waals surface area (Å²) in [5.74, 6) is 0.0518. The van der Waals surface area contributed by atoms with Crippen LogP contribution in [0.1, 0.15) is 16.8 Å². The fourth-order valence-corrected chi connectivity index (χ4v) is 2.18. The van der Waals surface area contributed by atoms with Crippen molar-refractivity contribution >= 4 is 23.2 Å². The third-order valence-electron chi connectivity index (χ3n) is 3.12. The molecule has 0 aliphatic carbocycles. The predicted molar refractivity (Wildman–Crippen MR) is 70.1 cm³/mol. The van der Waals surface area contributed by atoms with Gasteiger partial charge in [0.2, 0.25) is 0 Å². The fourth-order valence-electron chi connectivity index (χ4n) is 2.18. The summed E-state index contributed by atoms with van der Waals surface area (Å²) in [5.41, 5.74) is 3.66. The lowest BCUT2D eigenvalue weighted by Crippen LogP contribution is -2.03. The van der Waals surface area contributed by atoms with Gasteiger partial charge in [-0.1, -0.05) is 0 Å². The van der Waals surface area contributed by atoms with E-state index < -0.39 is 0 Å². The lowest BCUT2D eigenvalue weighted by atomic mass is 10.00. The van der Waals surface area contributed by atoms with E-state index in [1.165, 1.54) is 0 Å². The van der Waals surface area contributed by atoms with Gasteiger partial charge in [0.15, 0.2) is 0 Å². The highest BCUT2D eigenvalue weighted by atomic mass is 16.3. The highest BCUT2D eigenvalue weighted by molar-refractivity contribution is 6.35. The van der Waals surface area contributed by atoms with Crippen molar-refractivity contribution in [2.75, 3.05) is 5.32 Å². The summed E-state index contributed by atoms with van der Waals surface area (Å²) in [5, 5.41) is 12.5. The number of hydrogen-bond acceptors (Lipinski definition) is 2. The minimum atomic E-state index is -0.145. The quantitative estimate of drug-likeness (QED) is 0.529. The van der Waals surface area contributed by atoms with Crippen LogP contribution in [0, 0.1) is 6.92 Å². The number of anilines is 1. The van der Waals surface area contributed by atoms with Gasteiger partial charge in [-0.3, -0.25) is 4.79 Å². The third kappa shape index (κ3) is 1.50. The molecule has 4 nitrogen and oxygen atoms in total. The number of benzene rings is 1. The smallest absolute Gasteiger partial charge is 0.256 e. The average Bonchev–Trinajstić information content (AvgIpc) is 2.94. The Morgan fingerprint density at radius 2 is 2.11 bits per heavy atom. The molecule has 0 saturated carbocycles. The highest BCUT2D eigenvalue weighted by Gasteiger charge is 2.26. The number of carbonyl (C=O) groups is 1. The molecule has 3 rings (SSSR count). The van der Waals surface area contributed by atoms with Crippen molar-refractivity contribution in [1.29, 1.82) is 0 Å². The van der Waals surface area contributed by atoms with Gasteiger partial charge in [-0.15, -0.1) is 0 Å². The van der Waals surface area contributed by atoms with Gasteiger partial charge < -0.3 is 15.4 Å². The number of hydrogen-bond donors (Lipinski definition) is 3. The molecule has 1 aliphatic rings. The van der Waals surface area contributed by atoms with E-state index in [0.29, 0.717) is 11.1 Å². The number of carbonyl (C=O) groups excluding carboxylic acids is 1. The minimum absolute atomic E-state index is 0.145. The van der Waals surface area contributed by atoms with Crippen LogP contribution in [-0.4, -0.2) is 16.0 Å². The Morgan fingerprint density at radius 1 is 1.28 bits per heavy atom. The molecule has 0 spiro atoms. The number of aromatic nitrogens is 1. The lowest BCUT2D eigenvalue weighted by molar-refractivity contribution is -0.110. The van der Waals surface area contributed by atoms with Crippen molar-refractivity contribution in [3.05, 3.63) is 47.3 Å². The maximum Gasteiger partial charge on any atom is 0.256 e. The number of aromatic hydroxyl groups is 1. The number of aromatic amines is 1. The van der Waals surface area contributed by atoms with Gasteiger partial charge in [0.1, 0.15) is 5.75 Å². The number of phenols is 1. The molecule has 0 radical (unpaired) electrons. The molecule has 1 aromatic carbocycles. The first-order valence-electron chi connectivity index (χ1n) is 5.66. The Kier molecular flexibility index (Phi) is 2.23. The van der Waals surface area contributed by atoms with Crippen LogP contribution in [0.15, 0.2) is 30.5 Å². The molecule has 90 valence electrons. The normalized spacial score (nSPS) is 15.8. The van der Waals surface area contributed by atoms with Crippen LogP contribution in [0.5, 0.6) is 5.75 Å². The number of H-pyrrole nitrogens is 1. The number of rotatable bonds is 1. The van der Waals surface area contributed by atoms with Crippen molar-refractivity contribution in [3.63, 3.8) is 0 Å². The van der Waals surface area contributed by atoms with E-state index in [1.54, 1.807) is 31.3 Å². The second kappa shape index (κ2) is 3.77. The summed E-state index contributed by atoms with van der Waals surface area (Å²) < 4.78 is 0. The van der Waals surface area contributed by atoms with Gasteiger partial charge in [0.05, 0.1) is 5.57 Å². The van der Waals surface area contributed by atoms with Crippen LogP contribution in [-0.2, 0) is 4.79 Å². The molecule has 2 heterocycles. The summed E-state index contributed by atoms with van der Waals surface area (Å²) in [4.78, 5) is 15.0. The molecule has 1 aromatic heterocycles. The van der Waals surface area contributed by atoms with Gasteiger partial charge in [-0.2, -0.15) is 0 Å². The van der Waals surface area contributed by atoms with E-state index in [0.717, 1.165) is 16.9 Å². The number of phenolic OH excluding ortho intramolecular Hbond substituents is 1. The summed E-state index contributed by atoms with van der Waals surface area (Å²) in [6, 6.07) is 7.06. The Hall–Kier alpha value is -2.49. The van der Waals surface area contributed by atoms with Gasteiger partial charge in [0, 0.05) is 28.7 Å². The van der Waals surface area contributed by atoms with E-state index in [9.17, 15) is 9.90 Å². The molecule has 0 saturated heterocycles. The van der Waals surface area contributed by atoms with E-state index >= 15 is 0 Å². The van der Waals surface area contributed by atoms with Gasteiger partial charge >= 0.3 is 0 Å².